The Labute approximate surface area is 109 Å². The molecule has 0 aromatic carbocycles. The Bertz CT molecular complexity index is 586. The molecule has 5 heteroatoms. The molecule has 4 nitrogen and oxygen atoms in total. The number of carboxylic acid groups (broad SMARTS) is 1. The summed E-state index contributed by atoms with van der Waals surface area (Å²) in [6.45, 7) is 2.90. The van der Waals surface area contributed by atoms with Crippen LogP contribution in [-0.4, -0.2) is 20.6 Å². The Morgan fingerprint density at radius 2 is 2.44 bits per heavy atom. The summed E-state index contributed by atoms with van der Waals surface area (Å²) in [5.74, 6) is -0.500. The highest BCUT2D eigenvalue weighted by Gasteiger charge is 2.30. The van der Waals surface area contributed by atoms with E-state index in [1.165, 1.54) is 0 Å². The van der Waals surface area contributed by atoms with E-state index >= 15 is 0 Å². The fourth-order valence-electron chi connectivity index (χ4n) is 2.57. The number of aliphatic carboxylic acids is 1. The minimum Gasteiger partial charge on any atom is -0.481 e. The zero-order valence-corrected chi connectivity index (χ0v) is 10.9. The number of aromatic nitrogens is 2. The number of hydrogen-bond acceptors (Lipinski definition) is 3. The Morgan fingerprint density at radius 3 is 3.11 bits per heavy atom. The Balaban J connectivity index is 2.13. The summed E-state index contributed by atoms with van der Waals surface area (Å²) >= 11 is 1.64. The Hall–Kier alpha value is -1.62. The lowest BCUT2D eigenvalue weighted by molar-refractivity contribution is -0.139. The molecule has 0 amide bonds. The molecule has 2 aromatic heterocycles. The lowest BCUT2D eigenvalue weighted by atomic mass is 9.99. The zero-order valence-electron chi connectivity index (χ0n) is 10.1. The molecular weight excluding hydrogens is 248 g/mol. The number of carbonyl (C=O) groups is 1. The fraction of sp³-hybridized carbons (Fsp3) is 0.385. The summed E-state index contributed by atoms with van der Waals surface area (Å²) < 4.78 is 2.07. The Morgan fingerprint density at radius 1 is 1.61 bits per heavy atom. The van der Waals surface area contributed by atoms with Gasteiger partial charge in [-0.25, -0.2) is 4.98 Å². The van der Waals surface area contributed by atoms with Gasteiger partial charge in [0.2, 0.25) is 0 Å². The molecule has 94 valence electrons. The van der Waals surface area contributed by atoms with Crippen LogP contribution in [0.4, 0.5) is 0 Å². The molecule has 0 saturated heterocycles. The molecule has 0 spiro atoms. The quantitative estimate of drug-likeness (QED) is 0.905. The molecule has 1 atom stereocenters. The first kappa shape index (κ1) is 11.5. The van der Waals surface area contributed by atoms with Crippen LogP contribution in [0.5, 0.6) is 0 Å². The average molecular weight is 262 g/mol. The van der Waals surface area contributed by atoms with Crippen molar-refractivity contribution in [3.8, 4) is 10.6 Å². The first-order chi connectivity index (χ1) is 8.68. The molecule has 0 saturated carbocycles. The van der Waals surface area contributed by atoms with Crippen LogP contribution in [0, 0.1) is 6.92 Å². The summed E-state index contributed by atoms with van der Waals surface area (Å²) in [4.78, 5) is 17.0. The standard InChI is InChI=1S/C13H14N2O2S/c1-8-11(10-5-3-7-18-10)14-12-9(13(16)17)4-2-6-15(8)12/h3,5,7,9H,2,4,6H2,1H3,(H,16,17). The summed E-state index contributed by atoms with van der Waals surface area (Å²) in [6.07, 6.45) is 1.60. The van der Waals surface area contributed by atoms with Crippen LogP contribution >= 0.6 is 11.3 Å². The first-order valence-electron chi connectivity index (χ1n) is 6.02. The van der Waals surface area contributed by atoms with Crippen molar-refractivity contribution in [2.75, 3.05) is 0 Å². The van der Waals surface area contributed by atoms with Crippen molar-refractivity contribution in [3.63, 3.8) is 0 Å². The maximum absolute atomic E-state index is 11.3. The number of imidazole rings is 1. The van der Waals surface area contributed by atoms with E-state index in [2.05, 4.69) is 9.55 Å². The van der Waals surface area contributed by atoms with Crippen molar-refractivity contribution >= 4 is 17.3 Å². The van der Waals surface area contributed by atoms with Gasteiger partial charge in [-0.05, 0) is 31.2 Å². The van der Waals surface area contributed by atoms with Crippen LogP contribution in [0.15, 0.2) is 17.5 Å². The number of fused-ring (bicyclic) bond motifs is 1. The number of hydrogen-bond donors (Lipinski definition) is 1. The van der Waals surface area contributed by atoms with Crippen LogP contribution in [0.2, 0.25) is 0 Å². The number of nitrogens with zero attached hydrogens (tertiary/aromatic N) is 2. The van der Waals surface area contributed by atoms with E-state index < -0.39 is 11.9 Å². The molecule has 0 aliphatic carbocycles. The van der Waals surface area contributed by atoms with E-state index in [0.29, 0.717) is 6.42 Å². The normalized spacial score (nSPS) is 18.6. The molecule has 1 aliphatic rings. The van der Waals surface area contributed by atoms with Gasteiger partial charge in [-0.3, -0.25) is 4.79 Å². The summed E-state index contributed by atoms with van der Waals surface area (Å²) in [7, 11) is 0. The molecule has 1 unspecified atom stereocenters. The number of carboxylic acids is 1. The molecule has 1 aliphatic heterocycles. The van der Waals surface area contributed by atoms with E-state index in [9.17, 15) is 9.90 Å². The van der Waals surface area contributed by atoms with Crippen LogP contribution in [0.3, 0.4) is 0 Å². The highest BCUT2D eigenvalue weighted by molar-refractivity contribution is 7.13. The van der Waals surface area contributed by atoms with E-state index in [1.807, 2.05) is 24.4 Å². The molecule has 1 N–H and O–H groups in total. The van der Waals surface area contributed by atoms with Gasteiger partial charge in [-0.15, -0.1) is 11.3 Å². The third-order valence-corrected chi connectivity index (χ3v) is 4.37. The van der Waals surface area contributed by atoms with Gasteiger partial charge in [0.15, 0.2) is 0 Å². The minimum absolute atomic E-state index is 0.453. The Kier molecular flexibility index (Phi) is 2.70. The second-order valence-electron chi connectivity index (χ2n) is 4.57. The van der Waals surface area contributed by atoms with Gasteiger partial charge in [0.25, 0.3) is 0 Å². The van der Waals surface area contributed by atoms with Crippen molar-refractivity contribution in [2.24, 2.45) is 0 Å². The number of rotatable bonds is 2. The first-order valence-corrected chi connectivity index (χ1v) is 6.90. The van der Waals surface area contributed by atoms with Crippen molar-refractivity contribution in [2.45, 2.75) is 32.2 Å². The summed E-state index contributed by atoms with van der Waals surface area (Å²) in [5, 5.41) is 11.3. The van der Waals surface area contributed by atoms with Gasteiger partial charge >= 0.3 is 5.97 Å². The minimum atomic E-state index is -0.765. The number of thiophene rings is 1. The van der Waals surface area contributed by atoms with E-state index in [-0.39, 0.29) is 0 Å². The van der Waals surface area contributed by atoms with Crippen molar-refractivity contribution in [1.82, 2.24) is 9.55 Å². The van der Waals surface area contributed by atoms with Crippen LogP contribution in [0.1, 0.15) is 30.3 Å². The maximum atomic E-state index is 11.3. The van der Waals surface area contributed by atoms with E-state index in [0.717, 1.165) is 35.1 Å². The van der Waals surface area contributed by atoms with Gasteiger partial charge in [0.1, 0.15) is 17.4 Å². The van der Waals surface area contributed by atoms with Gasteiger partial charge in [-0.1, -0.05) is 6.07 Å². The summed E-state index contributed by atoms with van der Waals surface area (Å²) in [5.41, 5.74) is 2.02. The van der Waals surface area contributed by atoms with Gasteiger partial charge in [0, 0.05) is 12.2 Å². The lowest BCUT2D eigenvalue weighted by Gasteiger charge is -2.20. The predicted octanol–water partition coefficient (Wildman–Crippen LogP) is 2.88. The molecule has 18 heavy (non-hydrogen) atoms. The smallest absolute Gasteiger partial charge is 0.314 e. The van der Waals surface area contributed by atoms with Crippen molar-refractivity contribution in [3.05, 3.63) is 29.0 Å². The van der Waals surface area contributed by atoms with Gasteiger partial charge < -0.3 is 9.67 Å². The molecule has 0 bridgehead atoms. The molecule has 3 heterocycles. The highest BCUT2D eigenvalue weighted by atomic mass is 32.1. The molecule has 3 rings (SSSR count). The largest absolute Gasteiger partial charge is 0.481 e. The third kappa shape index (κ3) is 1.66. The van der Waals surface area contributed by atoms with Crippen LogP contribution < -0.4 is 0 Å². The SMILES string of the molecule is Cc1c(-c2cccs2)nc2n1CCCC2C(=O)O. The van der Waals surface area contributed by atoms with Crippen LogP contribution in [-0.2, 0) is 11.3 Å². The van der Waals surface area contributed by atoms with Crippen LogP contribution in [0.25, 0.3) is 10.6 Å². The van der Waals surface area contributed by atoms with E-state index in [1.54, 1.807) is 11.3 Å². The third-order valence-electron chi connectivity index (χ3n) is 3.49. The second-order valence-corrected chi connectivity index (χ2v) is 5.51. The molecule has 0 radical (unpaired) electrons. The van der Waals surface area contributed by atoms with Crippen molar-refractivity contribution < 1.29 is 9.90 Å². The zero-order chi connectivity index (χ0) is 12.7. The maximum Gasteiger partial charge on any atom is 0.314 e. The lowest BCUT2D eigenvalue weighted by Crippen LogP contribution is -2.22. The highest BCUT2D eigenvalue weighted by Crippen LogP contribution is 2.34. The molecule has 2 aromatic rings. The van der Waals surface area contributed by atoms with Gasteiger partial charge in [0.05, 0.1) is 4.88 Å². The fourth-order valence-corrected chi connectivity index (χ4v) is 3.33. The topological polar surface area (TPSA) is 55.1 Å². The second kappa shape index (κ2) is 4.24. The monoisotopic (exact) mass is 262 g/mol. The average Bonchev–Trinajstić information content (AvgIpc) is 2.97. The summed E-state index contributed by atoms with van der Waals surface area (Å²) in [6, 6.07) is 4.02. The van der Waals surface area contributed by atoms with E-state index in [4.69, 9.17) is 0 Å². The molecule has 0 fully saturated rings. The van der Waals surface area contributed by atoms with Crippen molar-refractivity contribution in [1.29, 1.82) is 0 Å². The van der Waals surface area contributed by atoms with Gasteiger partial charge in [-0.2, -0.15) is 0 Å². The molecular formula is C13H14N2O2S. The predicted molar refractivity (Wildman–Crippen MR) is 69.9 cm³/mol.